The molecule has 118 valence electrons. The van der Waals surface area contributed by atoms with Crippen molar-refractivity contribution in [2.24, 2.45) is 28.9 Å². The SMILES string of the molecule is CC1(C)[C@@H]2[C@@H](C(=O)O)N(C(=O)[C@@H](N)CC3CCOC3)C[C@@H]21. The molecule has 0 radical (unpaired) electrons. The molecule has 0 aromatic heterocycles. The Morgan fingerprint density at radius 3 is 2.76 bits per heavy atom. The second kappa shape index (κ2) is 4.95. The van der Waals surface area contributed by atoms with Crippen molar-refractivity contribution in [3.63, 3.8) is 0 Å². The number of ether oxygens (including phenoxy) is 1. The first-order valence-electron chi connectivity index (χ1n) is 7.70. The third-order valence-corrected chi connectivity index (χ3v) is 5.67. The van der Waals surface area contributed by atoms with Gasteiger partial charge in [0.05, 0.1) is 6.04 Å². The first-order valence-corrected chi connectivity index (χ1v) is 7.70. The fourth-order valence-electron chi connectivity index (χ4n) is 4.24. The van der Waals surface area contributed by atoms with E-state index >= 15 is 0 Å². The normalized spacial score (nSPS) is 38.1. The van der Waals surface area contributed by atoms with E-state index in [1.54, 1.807) is 0 Å². The van der Waals surface area contributed by atoms with Crippen LogP contribution in [0.3, 0.4) is 0 Å². The predicted octanol–water partition coefficient (Wildman–Crippen LogP) is 0.308. The molecule has 3 rings (SSSR count). The lowest BCUT2D eigenvalue weighted by Crippen LogP contribution is -2.51. The van der Waals surface area contributed by atoms with E-state index < -0.39 is 18.1 Å². The number of nitrogens with two attached hydrogens (primary N) is 1. The van der Waals surface area contributed by atoms with Gasteiger partial charge in [-0.2, -0.15) is 0 Å². The topological polar surface area (TPSA) is 92.9 Å². The average molecular weight is 296 g/mol. The monoisotopic (exact) mass is 296 g/mol. The number of carbonyl (C=O) groups excluding carboxylic acids is 1. The van der Waals surface area contributed by atoms with Crippen molar-refractivity contribution >= 4 is 11.9 Å². The molecule has 6 nitrogen and oxygen atoms in total. The molecule has 2 saturated heterocycles. The highest BCUT2D eigenvalue weighted by Gasteiger charge is 2.69. The molecule has 3 fully saturated rings. The Labute approximate surface area is 124 Å². The van der Waals surface area contributed by atoms with Gasteiger partial charge in [-0.25, -0.2) is 4.79 Å². The van der Waals surface area contributed by atoms with Gasteiger partial charge in [-0.05, 0) is 30.1 Å². The highest BCUT2D eigenvalue weighted by molar-refractivity contribution is 5.88. The van der Waals surface area contributed by atoms with Crippen molar-refractivity contribution < 1.29 is 19.4 Å². The van der Waals surface area contributed by atoms with Crippen LogP contribution in [0.1, 0.15) is 26.7 Å². The van der Waals surface area contributed by atoms with Crippen molar-refractivity contribution in [1.29, 1.82) is 0 Å². The maximum absolute atomic E-state index is 12.5. The van der Waals surface area contributed by atoms with Crippen LogP contribution in [0.4, 0.5) is 0 Å². The number of piperidine rings is 1. The van der Waals surface area contributed by atoms with Crippen molar-refractivity contribution in [2.75, 3.05) is 19.8 Å². The van der Waals surface area contributed by atoms with Gasteiger partial charge in [-0.15, -0.1) is 0 Å². The van der Waals surface area contributed by atoms with Gasteiger partial charge in [0.2, 0.25) is 5.91 Å². The summed E-state index contributed by atoms with van der Waals surface area (Å²) in [6.07, 6.45) is 1.52. The van der Waals surface area contributed by atoms with Gasteiger partial charge in [0.15, 0.2) is 0 Å². The van der Waals surface area contributed by atoms with Gasteiger partial charge >= 0.3 is 5.97 Å². The van der Waals surface area contributed by atoms with Gasteiger partial charge in [0.25, 0.3) is 0 Å². The minimum absolute atomic E-state index is 0.0310. The van der Waals surface area contributed by atoms with E-state index in [9.17, 15) is 14.7 Å². The Bertz CT molecular complexity index is 459. The number of rotatable bonds is 4. The zero-order valence-electron chi connectivity index (χ0n) is 12.6. The molecule has 0 spiro atoms. The van der Waals surface area contributed by atoms with Gasteiger partial charge < -0.3 is 20.5 Å². The Balaban J connectivity index is 1.65. The fraction of sp³-hybridized carbons (Fsp3) is 0.867. The number of aliphatic carboxylic acids is 1. The Morgan fingerprint density at radius 1 is 1.48 bits per heavy atom. The second-order valence-corrected chi connectivity index (χ2v) is 7.30. The molecule has 2 heterocycles. The van der Waals surface area contributed by atoms with E-state index in [0.717, 1.165) is 13.0 Å². The lowest BCUT2D eigenvalue weighted by molar-refractivity contribution is -0.151. The number of carboxylic acids is 1. The van der Waals surface area contributed by atoms with Gasteiger partial charge in [-0.3, -0.25) is 4.79 Å². The van der Waals surface area contributed by atoms with Crippen molar-refractivity contribution in [1.82, 2.24) is 4.90 Å². The van der Waals surface area contributed by atoms with Gasteiger partial charge in [0.1, 0.15) is 6.04 Å². The van der Waals surface area contributed by atoms with Crippen molar-refractivity contribution in [3.8, 4) is 0 Å². The highest BCUT2D eigenvalue weighted by atomic mass is 16.5. The van der Waals surface area contributed by atoms with Crippen LogP contribution in [-0.4, -0.2) is 53.7 Å². The van der Waals surface area contributed by atoms with Crippen LogP contribution in [0.5, 0.6) is 0 Å². The van der Waals surface area contributed by atoms with Crippen LogP contribution in [0, 0.1) is 23.2 Å². The summed E-state index contributed by atoms with van der Waals surface area (Å²) >= 11 is 0. The third-order valence-electron chi connectivity index (χ3n) is 5.67. The summed E-state index contributed by atoms with van der Waals surface area (Å²) in [6.45, 7) is 6.07. The number of amides is 1. The molecular weight excluding hydrogens is 272 g/mol. The number of carbonyl (C=O) groups is 2. The highest BCUT2D eigenvalue weighted by Crippen LogP contribution is 2.64. The van der Waals surface area contributed by atoms with E-state index in [4.69, 9.17) is 10.5 Å². The van der Waals surface area contributed by atoms with Gasteiger partial charge in [-0.1, -0.05) is 13.8 Å². The zero-order valence-corrected chi connectivity index (χ0v) is 12.6. The Morgan fingerprint density at radius 2 is 2.19 bits per heavy atom. The lowest BCUT2D eigenvalue weighted by Gasteiger charge is -2.30. The second-order valence-electron chi connectivity index (χ2n) is 7.30. The summed E-state index contributed by atoms with van der Waals surface area (Å²) in [5.74, 6) is -0.429. The minimum Gasteiger partial charge on any atom is -0.480 e. The first kappa shape index (κ1) is 14.8. The molecule has 1 amide bonds. The van der Waals surface area contributed by atoms with Crippen LogP contribution in [0.25, 0.3) is 0 Å². The summed E-state index contributed by atoms with van der Waals surface area (Å²) in [5, 5.41) is 9.47. The largest absolute Gasteiger partial charge is 0.480 e. The average Bonchev–Trinajstić information content (AvgIpc) is 2.88. The molecule has 21 heavy (non-hydrogen) atoms. The van der Waals surface area contributed by atoms with E-state index in [1.165, 1.54) is 4.90 Å². The van der Waals surface area contributed by atoms with E-state index in [-0.39, 0.29) is 17.2 Å². The summed E-state index contributed by atoms with van der Waals surface area (Å²) in [6, 6.07) is -1.32. The van der Waals surface area contributed by atoms with E-state index in [0.29, 0.717) is 31.4 Å². The van der Waals surface area contributed by atoms with Gasteiger partial charge in [0, 0.05) is 25.7 Å². The summed E-state index contributed by atoms with van der Waals surface area (Å²) in [4.78, 5) is 25.6. The van der Waals surface area contributed by atoms with Crippen LogP contribution in [0.2, 0.25) is 0 Å². The van der Waals surface area contributed by atoms with E-state index in [2.05, 4.69) is 13.8 Å². The molecule has 3 N–H and O–H groups in total. The molecule has 3 aliphatic rings. The molecule has 1 aliphatic carbocycles. The van der Waals surface area contributed by atoms with Crippen LogP contribution in [0.15, 0.2) is 0 Å². The zero-order chi connectivity index (χ0) is 15.4. The first-order chi connectivity index (χ1) is 9.84. The molecule has 0 aromatic carbocycles. The lowest BCUT2D eigenvalue weighted by atomic mass is 9.97. The number of hydrogen-bond acceptors (Lipinski definition) is 4. The molecule has 0 aromatic rings. The van der Waals surface area contributed by atoms with E-state index in [1.807, 2.05) is 0 Å². The molecule has 1 saturated carbocycles. The van der Waals surface area contributed by atoms with Crippen LogP contribution < -0.4 is 5.73 Å². The summed E-state index contributed by atoms with van der Waals surface area (Å²) in [7, 11) is 0. The van der Waals surface area contributed by atoms with Crippen molar-refractivity contribution in [2.45, 2.75) is 38.8 Å². The Hall–Kier alpha value is -1.14. The predicted molar refractivity (Wildman–Crippen MR) is 75.4 cm³/mol. The Kier molecular flexibility index (Phi) is 3.48. The molecule has 0 bridgehead atoms. The molecule has 1 unspecified atom stereocenters. The molecule has 5 atom stereocenters. The number of fused-ring (bicyclic) bond motifs is 1. The standard InChI is InChI=1S/C15H24N2O4/c1-15(2)9-6-17(12(11(9)15)14(19)20)13(18)10(16)5-8-3-4-21-7-8/h8-12H,3-7,16H2,1-2H3,(H,19,20)/t8?,9-,10-,11-,12-/m0/s1. The fourth-order valence-corrected chi connectivity index (χ4v) is 4.24. The quantitative estimate of drug-likeness (QED) is 0.779. The van der Waals surface area contributed by atoms with Crippen LogP contribution >= 0.6 is 0 Å². The molecule has 2 aliphatic heterocycles. The third kappa shape index (κ3) is 2.34. The molecular formula is C15H24N2O4. The number of carboxylic acid groups (broad SMARTS) is 1. The number of nitrogens with zero attached hydrogens (tertiary/aromatic N) is 1. The number of likely N-dealkylation sites (tertiary alicyclic amines) is 1. The minimum atomic E-state index is -0.905. The molecule has 6 heteroatoms. The maximum Gasteiger partial charge on any atom is 0.326 e. The smallest absolute Gasteiger partial charge is 0.326 e. The maximum atomic E-state index is 12.5. The van der Waals surface area contributed by atoms with Crippen molar-refractivity contribution in [3.05, 3.63) is 0 Å². The van der Waals surface area contributed by atoms with Crippen LogP contribution in [-0.2, 0) is 14.3 Å². The summed E-state index contributed by atoms with van der Waals surface area (Å²) in [5.41, 5.74) is 6.06. The number of hydrogen-bond donors (Lipinski definition) is 2. The summed E-state index contributed by atoms with van der Waals surface area (Å²) < 4.78 is 5.30.